The molecule has 0 bridgehead atoms. The summed E-state index contributed by atoms with van der Waals surface area (Å²) >= 11 is 0. The SMILES string of the molecule is CC(NCC1COC(C)(C)O1)c1ccc([N+](=O)[O-])cc1. The maximum Gasteiger partial charge on any atom is 0.269 e. The number of hydrogen-bond donors (Lipinski definition) is 1. The van der Waals surface area contributed by atoms with E-state index in [0.29, 0.717) is 13.2 Å². The molecule has 0 amide bonds. The van der Waals surface area contributed by atoms with Crippen LogP contribution in [0.1, 0.15) is 32.4 Å². The van der Waals surface area contributed by atoms with Crippen molar-refractivity contribution < 1.29 is 14.4 Å². The van der Waals surface area contributed by atoms with Gasteiger partial charge in [0.15, 0.2) is 5.79 Å². The van der Waals surface area contributed by atoms with Crippen molar-refractivity contribution in [1.82, 2.24) is 5.32 Å². The predicted octanol–water partition coefficient (Wildman–Crippen LogP) is 2.40. The smallest absolute Gasteiger partial charge is 0.269 e. The van der Waals surface area contributed by atoms with Gasteiger partial charge < -0.3 is 14.8 Å². The number of hydrogen-bond acceptors (Lipinski definition) is 5. The first kappa shape index (κ1) is 14.9. The molecule has 6 heteroatoms. The highest BCUT2D eigenvalue weighted by Gasteiger charge is 2.32. The van der Waals surface area contributed by atoms with Gasteiger partial charge in [-0.3, -0.25) is 10.1 Å². The lowest BCUT2D eigenvalue weighted by Crippen LogP contribution is -2.32. The van der Waals surface area contributed by atoms with E-state index >= 15 is 0 Å². The van der Waals surface area contributed by atoms with E-state index in [-0.39, 0.29) is 17.8 Å². The third-order valence-corrected chi connectivity index (χ3v) is 3.32. The third-order valence-electron chi connectivity index (χ3n) is 3.32. The summed E-state index contributed by atoms with van der Waals surface area (Å²) in [6.07, 6.45) is 0.0329. The molecule has 1 saturated heterocycles. The Morgan fingerprint density at radius 3 is 2.60 bits per heavy atom. The summed E-state index contributed by atoms with van der Waals surface area (Å²) in [6.45, 7) is 7.07. The maximum atomic E-state index is 10.6. The minimum absolute atomic E-state index is 0.0329. The number of ether oxygens (including phenoxy) is 2. The van der Waals surface area contributed by atoms with E-state index < -0.39 is 10.7 Å². The van der Waals surface area contributed by atoms with Crippen molar-refractivity contribution in [2.75, 3.05) is 13.2 Å². The summed E-state index contributed by atoms with van der Waals surface area (Å²) in [4.78, 5) is 10.2. The van der Waals surface area contributed by atoms with E-state index in [9.17, 15) is 10.1 Å². The largest absolute Gasteiger partial charge is 0.348 e. The fraction of sp³-hybridized carbons (Fsp3) is 0.571. The molecule has 2 rings (SSSR count). The zero-order valence-electron chi connectivity index (χ0n) is 12.0. The summed E-state index contributed by atoms with van der Waals surface area (Å²) < 4.78 is 11.2. The van der Waals surface area contributed by atoms with Crippen LogP contribution in [0, 0.1) is 10.1 Å². The Bertz CT molecular complexity index is 473. The van der Waals surface area contributed by atoms with Crippen molar-refractivity contribution >= 4 is 5.69 Å². The van der Waals surface area contributed by atoms with Crippen LogP contribution in [0.2, 0.25) is 0 Å². The second kappa shape index (κ2) is 5.87. The summed E-state index contributed by atoms with van der Waals surface area (Å²) in [6, 6.07) is 6.68. The number of benzene rings is 1. The second-order valence-corrected chi connectivity index (χ2v) is 5.43. The first-order valence-corrected chi connectivity index (χ1v) is 6.67. The zero-order chi connectivity index (χ0) is 14.8. The first-order valence-electron chi connectivity index (χ1n) is 6.67. The molecule has 0 saturated carbocycles. The maximum absolute atomic E-state index is 10.6. The van der Waals surface area contributed by atoms with Crippen molar-refractivity contribution in [1.29, 1.82) is 0 Å². The molecule has 1 fully saturated rings. The lowest BCUT2D eigenvalue weighted by atomic mass is 10.1. The van der Waals surface area contributed by atoms with E-state index in [4.69, 9.17) is 9.47 Å². The Balaban J connectivity index is 1.86. The van der Waals surface area contributed by atoms with E-state index in [1.54, 1.807) is 12.1 Å². The van der Waals surface area contributed by atoms with Gasteiger partial charge in [0.1, 0.15) is 0 Å². The number of rotatable bonds is 5. The number of non-ortho nitro benzene ring substituents is 1. The van der Waals surface area contributed by atoms with Crippen LogP contribution in [-0.2, 0) is 9.47 Å². The van der Waals surface area contributed by atoms with Crippen LogP contribution in [0.15, 0.2) is 24.3 Å². The zero-order valence-corrected chi connectivity index (χ0v) is 12.0. The average Bonchev–Trinajstić information content (AvgIpc) is 2.75. The highest BCUT2D eigenvalue weighted by Crippen LogP contribution is 2.23. The highest BCUT2D eigenvalue weighted by atomic mass is 16.7. The van der Waals surface area contributed by atoms with Crippen molar-refractivity contribution in [3.63, 3.8) is 0 Å². The number of nitro groups is 1. The molecule has 1 aromatic rings. The van der Waals surface area contributed by atoms with Gasteiger partial charge in [0.25, 0.3) is 5.69 Å². The van der Waals surface area contributed by atoms with Crippen LogP contribution in [0.3, 0.4) is 0 Å². The van der Waals surface area contributed by atoms with Crippen LogP contribution in [0.25, 0.3) is 0 Å². The molecule has 0 radical (unpaired) electrons. The highest BCUT2D eigenvalue weighted by molar-refractivity contribution is 5.34. The average molecular weight is 280 g/mol. The van der Waals surface area contributed by atoms with Gasteiger partial charge in [-0.25, -0.2) is 0 Å². The van der Waals surface area contributed by atoms with Gasteiger partial charge in [-0.15, -0.1) is 0 Å². The van der Waals surface area contributed by atoms with E-state index in [1.165, 1.54) is 12.1 Å². The van der Waals surface area contributed by atoms with E-state index in [0.717, 1.165) is 5.56 Å². The Morgan fingerprint density at radius 2 is 2.10 bits per heavy atom. The molecule has 0 aliphatic carbocycles. The molecule has 6 nitrogen and oxygen atoms in total. The molecule has 1 aliphatic rings. The fourth-order valence-electron chi connectivity index (χ4n) is 2.17. The lowest BCUT2D eigenvalue weighted by Gasteiger charge is -2.19. The normalized spacial score (nSPS) is 22.6. The standard InChI is InChI=1S/C14H20N2O4/c1-10(11-4-6-12(7-5-11)16(17)18)15-8-13-9-19-14(2,3)20-13/h4-7,10,13,15H,8-9H2,1-3H3. The molecule has 0 aromatic heterocycles. The summed E-state index contributed by atoms with van der Waals surface area (Å²) in [5.41, 5.74) is 1.11. The first-order chi connectivity index (χ1) is 9.37. The van der Waals surface area contributed by atoms with Gasteiger partial charge in [-0.05, 0) is 26.3 Å². The van der Waals surface area contributed by atoms with Crippen LogP contribution in [-0.4, -0.2) is 30.0 Å². The number of nitro benzene ring substituents is 1. The topological polar surface area (TPSA) is 73.6 Å². The summed E-state index contributed by atoms with van der Waals surface area (Å²) in [5, 5.41) is 14.0. The van der Waals surface area contributed by atoms with Gasteiger partial charge in [-0.1, -0.05) is 12.1 Å². The molecule has 20 heavy (non-hydrogen) atoms. The van der Waals surface area contributed by atoms with Crippen LogP contribution in [0.5, 0.6) is 0 Å². The van der Waals surface area contributed by atoms with Crippen molar-refractivity contribution in [2.24, 2.45) is 0 Å². The van der Waals surface area contributed by atoms with Gasteiger partial charge in [-0.2, -0.15) is 0 Å². The molecule has 2 unspecified atom stereocenters. The lowest BCUT2D eigenvalue weighted by molar-refractivity contribution is -0.384. The predicted molar refractivity (Wildman–Crippen MR) is 74.4 cm³/mol. The second-order valence-electron chi connectivity index (χ2n) is 5.43. The number of nitrogens with zero attached hydrogens (tertiary/aromatic N) is 1. The molecule has 1 N–H and O–H groups in total. The van der Waals surface area contributed by atoms with Crippen LogP contribution < -0.4 is 5.32 Å². The van der Waals surface area contributed by atoms with Gasteiger partial charge in [0.05, 0.1) is 17.6 Å². The van der Waals surface area contributed by atoms with Gasteiger partial charge in [0.2, 0.25) is 0 Å². The molecule has 0 spiro atoms. The molecule has 1 heterocycles. The van der Waals surface area contributed by atoms with Gasteiger partial charge in [0, 0.05) is 24.7 Å². The molecule has 1 aliphatic heterocycles. The minimum atomic E-state index is -0.511. The van der Waals surface area contributed by atoms with Gasteiger partial charge >= 0.3 is 0 Å². The summed E-state index contributed by atoms with van der Waals surface area (Å²) in [5.74, 6) is -0.511. The van der Waals surface area contributed by atoms with Crippen LogP contribution >= 0.6 is 0 Å². The Kier molecular flexibility index (Phi) is 4.37. The Labute approximate surface area is 118 Å². The molecular weight excluding hydrogens is 260 g/mol. The third kappa shape index (κ3) is 3.75. The molecule has 1 aromatic carbocycles. The Morgan fingerprint density at radius 1 is 1.45 bits per heavy atom. The molecular formula is C14H20N2O4. The van der Waals surface area contributed by atoms with Crippen LogP contribution in [0.4, 0.5) is 5.69 Å². The monoisotopic (exact) mass is 280 g/mol. The van der Waals surface area contributed by atoms with Crippen molar-refractivity contribution in [3.05, 3.63) is 39.9 Å². The van der Waals surface area contributed by atoms with E-state index in [2.05, 4.69) is 5.32 Å². The molecule has 2 atom stereocenters. The van der Waals surface area contributed by atoms with E-state index in [1.807, 2.05) is 20.8 Å². The quantitative estimate of drug-likeness (QED) is 0.662. The molecule has 110 valence electrons. The minimum Gasteiger partial charge on any atom is -0.348 e. The fourth-order valence-corrected chi connectivity index (χ4v) is 2.17. The summed E-state index contributed by atoms with van der Waals surface area (Å²) in [7, 11) is 0. The number of nitrogens with one attached hydrogen (secondary N) is 1. The van der Waals surface area contributed by atoms with Crippen molar-refractivity contribution in [3.8, 4) is 0 Å². The van der Waals surface area contributed by atoms with Crippen molar-refractivity contribution in [2.45, 2.75) is 38.7 Å². The Hall–Kier alpha value is -1.50.